The van der Waals surface area contributed by atoms with Crippen LogP contribution in [0.1, 0.15) is 76.6 Å². The van der Waals surface area contributed by atoms with E-state index in [1.54, 1.807) is 0 Å². The van der Waals surface area contributed by atoms with E-state index in [0.29, 0.717) is 11.4 Å². The average molecular weight is 1000 g/mol. The molecule has 0 fully saturated rings. The van der Waals surface area contributed by atoms with Crippen LogP contribution in [0.3, 0.4) is 0 Å². The van der Waals surface area contributed by atoms with Gasteiger partial charge in [-0.25, -0.2) is 4.98 Å². The second-order valence-electron chi connectivity index (χ2n) is 18.4. The molecule has 4 nitrogen and oxygen atoms in total. The van der Waals surface area contributed by atoms with Gasteiger partial charge in [0.05, 0.1) is 22.3 Å². The largest absolute Gasteiger partial charge is 0.507 e. The summed E-state index contributed by atoms with van der Waals surface area (Å²) in [6.07, 6.45) is 1.89. The van der Waals surface area contributed by atoms with E-state index in [-0.39, 0.29) is 43.6 Å². The van der Waals surface area contributed by atoms with Crippen LogP contribution in [-0.2, 0) is 31.9 Å². The van der Waals surface area contributed by atoms with Crippen molar-refractivity contribution in [3.63, 3.8) is 0 Å². The molecule has 9 rings (SSSR count). The molecule has 1 atom stereocenters. The minimum absolute atomic E-state index is 0. The summed E-state index contributed by atoms with van der Waals surface area (Å²) in [6, 6.07) is 63.4. The number of pyridine rings is 1. The summed E-state index contributed by atoms with van der Waals surface area (Å²) in [5, 5.41) is 12.4. The normalized spacial score (nSPS) is 12.2. The maximum absolute atomic E-state index is 12.4. The van der Waals surface area contributed by atoms with Crippen LogP contribution in [0.25, 0.3) is 72.7 Å². The van der Waals surface area contributed by atoms with Gasteiger partial charge in [-0.3, -0.25) is 9.55 Å². The molecule has 0 aliphatic heterocycles. The van der Waals surface area contributed by atoms with Gasteiger partial charge in [0, 0.05) is 44.1 Å². The molecule has 0 bridgehead atoms. The predicted octanol–water partition coefficient (Wildman–Crippen LogP) is 15.0. The number of nitrogens with zero attached hydrogens (tertiary/aromatic N) is 3. The van der Waals surface area contributed by atoms with Crippen LogP contribution >= 0.6 is 0 Å². The smallest absolute Gasteiger partial charge is 0.148 e. The summed E-state index contributed by atoms with van der Waals surface area (Å²) >= 11 is 0. The molecule has 0 aliphatic rings. The van der Waals surface area contributed by atoms with Gasteiger partial charge in [0.2, 0.25) is 0 Å². The molecule has 2 heterocycles. The molecule has 0 aliphatic carbocycles. The average Bonchev–Trinajstić information content (AvgIpc) is 3.68. The molecule has 1 unspecified atom stereocenters. The molecule has 2 aromatic heterocycles. The van der Waals surface area contributed by atoms with E-state index in [2.05, 4.69) is 217 Å². The van der Waals surface area contributed by atoms with Crippen LogP contribution in [0.5, 0.6) is 5.75 Å². The minimum Gasteiger partial charge on any atom is -0.507 e. The first kappa shape index (κ1) is 43.3. The number of rotatable bonds is 8. The fourth-order valence-corrected chi connectivity index (χ4v) is 8.53. The maximum Gasteiger partial charge on any atom is 0.148 e. The van der Waals surface area contributed by atoms with Crippen molar-refractivity contribution in [2.75, 3.05) is 0 Å². The zero-order chi connectivity index (χ0) is 43.2. The Labute approximate surface area is 386 Å². The zero-order valence-corrected chi connectivity index (χ0v) is 39.2. The Morgan fingerprint density at radius 3 is 1.86 bits per heavy atom. The Morgan fingerprint density at radius 2 is 1.17 bits per heavy atom. The maximum atomic E-state index is 12.4. The van der Waals surface area contributed by atoms with Crippen LogP contribution in [-0.4, -0.2) is 19.6 Å². The third kappa shape index (κ3) is 8.58. The van der Waals surface area contributed by atoms with Gasteiger partial charge in [-0.15, -0.1) is 29.3 Å². The number of fused-ring (bicyclic) bond motifs is 1. The van der Waals surface area contributed by atoms with Gasteiger partial charge >= 0.3 is 0 Å². The number of phenols is 1. The van der Waals surface area contributed by atoms with Crippen LogP contribution in [0.4, 0.5) is 0 Å². The number of imidazole rings is 1. The third-order valence-corrected chi connectivity index (χ3v) is 12.1. The Morgan fingerprint density at radius 1 is 0.556 bits per heavy atom. The molecule has 5 heteroatoms. The Kier molecular flexibility index (Phi) is 12.0. The van der Waals surface area contributed by atoms with Gasteiger partial charge in [0.15, 0.2) is 0 Å². The number of benzene rings is 7. The van der Waals surface area contributed by atoms with Crippen molar-refractivity contribution in [2.45, 2.75) is 65.2 Å². The first-order valence-corrected chi connectivity index (χ1v) is 21.5. The van der Waals surface area contributed by atoms with E-state index in [1.807, 2.05) is 18.3 Å². The monoisotopic (exact) mass is 1000 g/mol. The van der Waals surface area contributed by atoms with E-state index in [4.69, 9.17) is 9.97 Å². The van der Waals surface area contributed by atoms with Crippen molar-refractivity contribution in [1.82, 2.24) is 14.5 Å². The first-order valence-electron chi connectivity index (χ1n) is 21.5. The first-order chi connectivity index (χ1) is 29.8. The van der Waals surface area contributed by atoms with Crippen molar-refractivity contribution >= 4 is 11.0 Å². The van der Waals surface area contributed by atoms with Gasteiger partial charge in [0.25, 0.3) is 0 Å². The van der Waals surface area contributed by atoms with Crippen LogP contribution in [0.2, 0.25) is 0 Å². The standard InChI is InChI=1S/C58H52N3O.Pt/c1-38(39-20-11-8-12-21-39)43-32-44(34-45(33-43)51-35-42(30-31-59-51)40-22-13-9-14-23-40)48-27-19-29-53-54(48)60-56(49-36-46(57(2,3)4)37-50(55(49)62)58(5,6)7)61(53)52-28-18-17-26-47(52)41-24-15-10-16-25-41;/h8-33,35-38,62H,1-7H3;/q-1;. The van der Waals surface area contributed by atoms with Crippen LogP contribution in [0, 0.1) is 6.07 Å². The van der Waals surface area contributed by atoms with E-state index in [0.717, 1.165) is 78.0 Å². The molecule has 316 valence electrons. The Bertz CT molecular complexity index is 3050. The quantitative estimate of drug-likeness (QED) is 0.154. The van der Waals surface area contributed by atoms with Crippen molar-refractivity contribution < 1.29 is 26.2 Å². The SMILES string of the molecule is CC(c1ccccc1)c1cc(-c2cc(-c3ccccc3)ccn2)[c-]c(-c2cccc3c2nc(-c2cc(C(C)(C)C)cc(C(C)(C)C)c2O)n3-c2ccccc2-c2ccccc2)c1.[Pt]. The van der Waals surface area contributed by atoms with Crippen LogP contribution in [0.15, 0.2) is 176 Å². The summed E-state index contributed by atoms with van der Waals surface area (Å²) in [7, 11) is 0. The molecule has 1 N–H and O–H groups in total. The molecular weight excluding hydrogens is 950 g/mol. The van der Waals surface area contributed by atoms with E-state index in [9.17, 15) is 5.11 Å². The topological polar surface area (TPSA) is 50.9 Å². The van der Waals surface area contributed by atoms with Crippen molar-refractivity contribution in [3.05, 3.63) is 204 Å². The van der Waals surface area contributed by atoms with Crippen molar-refractivity contribution in [3.8, 4) is 67.5 Å². The van der Waals surface area contributed by atoms with E-state index >= 15 is 0 Å². The van der Waals surface area contributed by atoms with E-state index < -0.39 is 0 Å². The Balaban J connectivity index is 0.00000544. The second kappa shape index (κ2) is 17.4. The molecule has 0 radical (unpaired) electrons. The van der Waals surface area contributed by atoms with Gasteiger partial charge < -0.3 is 5.11 Å². The number of hydrogen-bond donors (Lipinski definition) is 1. The summed E-state index contributed by atoms with van der Waals surface area (Å²) in [6.45, 7) is 15.4. The van der Waals surface area contributed by atoms with Crippen molar-refractivity contribution in [1.29, 1.82) is 0 Å². The van der Waals surface area contributed by atoms with Crippen molar-refractivity contribution in [2.24, 2.45) is 0 Å². The number of para-hydroxylation sites is 2. The number of aromatic nitrogens is 3. The fourth-order valence-electron chi connectivity index (χ4n) is 8.53. The minimum atomic E-state index is -0.322. The van der Waals surface area contributed by atoms with E-state index in [1.165, 1.54) is 5.56 Å². The third-order valence-electron chi connectivity index (χ3n) is 12.1. The molecule has 0 saturated heterocycles. The summed E-state index contributed by atoms with van der Waals surface area (Å²) in [5.74, 6) is 1.02. The molecule has 7 aromatic carbocycles. The molecule has 0 saturated carbocycles. The Hall–Kier alpha value is -6.35. The number of phenolic OH excluding ortho intramolecular Hbond substituents is 1. The summed E-state index contributed by atoms with van der Waals surface area (Å²) in [4.78, 5) is 10.6. The predicted molar refractivity (Wildman–Crippen MR) is 258 cm³/mol. The molecule has 0 spiro atoms. The van der Waals surface area contributed by atoms with Gasteiger partial charge in [-0.1, -0.05) is 193 Å². The van der Waals surface area contributed by atoms with Crippen LogP contribution < -0.4 is 0 Å². The summed E-state index contributed by atoms with van der Waals surface area (Å²) < 4.78 is 2.25. The van der Waals surface area contributed by atoms with Gasteiger partial charge in [-0.2, -0.15) is 0 Å². The fraction of sp³-hybridized carbons (Fsp3) is 0.172. The molecule has 9 aromatic rings. The second-order valence-corrected chi connectivity index (χ2v) is 18.4. The molecule has 0 amide bonds. The van der Waals surface area contributed by atoms with Gasteiger partial charge in [0.1, 0.15) is 11.6 Å². The molecular formula is C58H52N3OPt-. The zero-order valence-electron chi connectivity index (χ0n) is 36.9. The van der Waals surface area contributed by atoms with Gasteiger partial charge in [-0.05, 0) is 68.8 Å². The summed E-state index contributed by atoms with van der Waals surface area (Å²) in [5.41, 5.74) is 15.4. The molecule has 63 heavy (non-hydrogen) atoms. The number of hydrogen-bond acceptors (Lipinski definition) is 3. The number of aromatic hydroxyl groups is 1.